The molecule has 194 valence electrons. The van der Waals surface area contributed by atoms with Gasteiger partial charge in [0.25, 0.3) is 0 Å². The molecule has 4 aromatic rings. The highest BCUT2D eigenvalue weighted by atomic mass is 16.6. The van der Waals surface area contributed by atoms with Gasteiger partial charge >= 0.3 is 12.1 Å². The van der Waals surface area contributed by atoms with Gasteiger partial charge in [0.05, 0.1) is 5.92 Å². The molecule has 5 rings (SSSR count). The molecule has 1 saturated heterocycles. The predicted molar refractivity (Wildman–Crippen MR) is 140 cm³/mol. The molecule has 1 amide bonds. The summed E-state index contributed by atoms with van der Waals surface area (Å²) in [5, 5.41) is 9.76. The topological polar surface area (TPSA) is 102 Å². The van der Waals surface area contributed by atoms with Crippen molar-refractivity contribution >= 4 is 12.1 Å². The van der Waals surface area contributed by atoms with Gasteiger partial charge in [-0.05, 0) is 61.2 Å². The Morgan fingerprint density at radius 1 is 0.947 bits per heavy atom. The Balaban J connectivity index is 1.18. The van der Waals surface area contributed by atoms with Crippen LogP contribution in [0.2, 0.25) is 0 Å². The maximum Gasteiger partial charge on any atom is 0.415 e. The summed E-state index contributed by atoms with van der Waals surface area (Å²) in [6.07, 6.45) is -0.0119. The minimum Gasteiger partial charge on any atom is -0.487 e. The second-order valence-electron chi connectivity index (χ2n) is 9.32. The Morgan fingerprint density at radius 3 is 2.32 bits per heavy atom. The van der Waals surface area contributed by atoms with E-state index in [0.29, 0.717) is 36.1 Å². The molecule has 1 aliphatic rings. The van der Waals surface area contributed by atoms with Gasteiger partial charge in [-0.2, -0.15) is 0 Å². The molecule has 2 heterocycles. The summed E-state index contributed by atoms with van der Waals surface area (Å²) in [5.41, 5.74) is 2.60. The number of nitrogens with zero attached hydrogens (tertiary/aromatic N) is 2. The van der Waals surface area contributed by atoms with E-state index in [9.17, 15) is 14.7 Å². The van der Waals surface area contributed by atoms with E-state index in [2.05, 4.69) is 4.98 Å². The number of carbonyl (C=O) groups is 2. The Morgan fingerprint density at radius 2 is 1.63 bits per heavy atom. The van der Waals surface area contributed by atoms with Crippen molar-refractivity contribution in [3.8, 4) is 23.0 Å². The maximum atomic E-state index is 12.6. The van der Waals surface area contributed by atoms with Gasteiger partial charge in [0, 0.05) is 18.7 Å². The number of aryl methyl sites for hydroxylation is 1. The number of likely N-dealkylation sites (tertiary alicyclic amines) is 1. The fourth-order valence-electron chi connectivity index (χ4n) is 4.60. The number of hydrogen-bond donors (Lipinski definition) is 1. The number of aliphatic carboxylic acids is 1. The Labute approximate surface area is 220 Å². The van der Waals surface area contributed by atoms with Crippen LogP contribution in [0.3, 0.4) is 0 Å². The van der Waals surface area contributed by atoms with Gasteiger partial charge in [-0.15, -0.1) is 0 Å². The number of carboxylic acid groups (broad SMARTS) is 1. The molecule has 8 nitrogen and oxygen atoms in total. The average molecular weight is 513 g/mol. The third-order valence-corrected chi connectivity index (χ3v) is 6.67. The van der Waals surface area contributed by atoms with Gasteiger partial charge in [-0.3, -0.25) is 4.79 Å². The smallest absolute Gasteiger partial charge is 0.415 e. The third kappa shape index (κ3) is 5.86. The number of ether oxygens (including phenoxy) is 2. The number of amides is 1. The first kappa shape index (κ1) is 25.1. The number of aromatic nitrogens is 1. The SMILES string of the molecule is Cc1oc(-c2ccccc2)nc1COc1ccc(CC2CN(C(=O)Oc3ccccc3)C[C@H]2C(=O)O)cc1. The summed E-state index contributed by atoms with van der Waals surface area (Å²) in [5.74, 6) is 0.565. The van der Waals surface area contributed by atoms with E-state index in [0.717, 1.165) is 16.8 Å². The molecule has 1 N–H and O–H groups in total. The summed E-state index contributed by atoms with van der Waals surface area (Å²) in [6.45, 7) is 2.56. The normalized spacial score (nSPS) is 16.8. The summed E-state index contributed by atoms with van der Waals surface area (Å²) in [7, 11) is 0. The average Bonchev–Trinajstić information content (AvgIpc) is 3.53. The molecule has 0 spiro atoms. The van der Waals surface area contributed by atoms with Crippen LogP contribution in [0.5, 0.6) is 11.5 Å². The van der Waals surface area contributed by atoms with E-state index in [1.165, 1.54) is 4.90 Å². The van der Waals surface area contributed by atoms with Crippen molar-refractivity contribution in [1.82, 2.24) is 9.88 Å². The van der Waals surface area contributed by atoms with Crippen LogP contribution >= 0.6 is 0 Å². The van der Waals surface area contributed by atoms with Crippen LogP contribution < -0.4 is 9.47 Å². The van der Waals surface area contributed by atoms with E-state index < -0.39 is 18.0 Å². The zero-order valence-corrected chi connectivity index (χ0v) is 20.9. The van der Waals surface area contributed by atoms with Gasteiger partial charge in [0.2, 0.25) is 5.89 Å². The van der Waals surface area contributed by atoms with E-state index in [4.69, 9.17) is 13.9 Å². The summed E-state index contributed by atoms with van der Waals surface area (Å²) >= 11 is 0. The molecule has 3 aromatic carbocycles. The van der Waals surface area contributed by atoms with Crippen molar-refractivity contribution < 1.29 is 28.6 Å². The standard InChI is InChI=1S/C30H28N2O6/c1-20-27(31-28(37-20)22-8-4-2-5-9-22)19-36-24-14-12-21(13-15-24)16-23-17-32(18-26(23)29(33)34)30(35)38-25-10-6-3-7-11-25/h2-15,23,26H,16-19H2,1H3,(H,33,34)/t23?,26-/m1/s1. The summed E-state index contributed by atoms with van der Waals surface area (Å²) in [6, 6.07) is 26.0. The monoisotopic (exact) mass is 512 g/mol. The first-order valence-corrected chi connectivity index (χ1v) is 12.4. The quantitative estimate of drug-likeness (QED) is 0.328. The molecule has 38 heavy (non-hydrogen) atoms. The first-order chi connectivity index (χ1) is 18.5. The fraction of sp³-hybridized carbons (Fsp3) is 0.233. The molecule has 0 aliphatic carbocycles. The molecule has 0 radical (unpaired) electrons. The number of rotatable bonds is 8. The highest BCUT2D eigenvalue weighted by molar-refractivity contribution is 5.75. The van der Waals surface area contributed by atoms with Crippen LogP contribution in [0.4, 0.5) is 4.79 Å². The number of benzene rings is 3. The molecule has 0 saturated carbocycles. The summed E-state index contributed by atoms with van der Waals surface area (Å²) in [4.78, 5) is 30.5. The minimum absolute atomic E-state index is 0.120. The molecular formula is C30H28N2O6. The van der Waals surface area contributed by atoms with Crippen LogP contribution in [0, 0.1) is 18.8 Å². The highest BCUT2D eigenvalue weighted by Gasteiger charge is 2.40. The predicted octanol–water partition coefficient (Wildman–Crippen LogP) is 5.60. The van der Waals surface area contributed by atoms with Crippen LogP contribution in [0.1, 0.15) is 17.0 Å². The molecule has 8 heteroatoms. The van der Waals surface area contributed by atoms with Crippen molar-refractivity contribution in [3.05, 3.63) is 102 Å². The fourth-order valence-corrected chi connectivity index (χ4v) is 4.60. The lowest BCUT2D eigenvalue weighted by molar-refractivity contribution is -0.142. The van der Waals surface area contributed by atoms with Crippen molar-refractivity contribution in [1.29, 1.82) is 0 Å². The van der Waals surface area contributed by atoms with E-state index in [-0.39, 0.29) is 19.1 Å². The number of para-hydroxylation sites is 1. The third-order valence-electron chi connectivity index (χ3n) is 6.67. The van der Waals surface area contributed by atoms with Crippen molar-refractivity contribution in [2.45, 2.75) is 20.0 Å². The van der Waals surface area contributed by atoms with Gasteiger partial charge in [-0.25, -0.2) is 9.78 Å². The van der Waals surface area contributed by atoms with Crippen LogP contribution in [-0.4, -0.2) is 40.1 Å². The lowest BCUT2D eigenvalue weighted by Gasteiger charge is -2.16. The van der Waals surface area contributed by atoms with Crippen LogP contribution in [-0.2, 0) is 17.8 Å². The van der Waals surface area contributed by atoms with Crippen LogP contribution in [0.15, 0.2) is 89.3 Å². The van der Waals surface area contributed by atoms with E-state index in [1.54, 1.807) is 24.3 Å². The van der Waals surface area contributed by atoms with Gasteiger partial charge < -0.3 is 23.9 Å². The zero-order valence-electron chi connectivity index (χ0n) is 20.9. The lowest BCUT2D eigenvalue weighted by Crippen LogP contribution is -2.32. The Bertz CT molecular complexity index is 1390. The lowest BCUT2D eigenvalue weighted by atomic mass is 9.90. The molecule has 0 bridgehead atoms. The molecule has 1 fully saturated rings. The van der Waals surface area contributed by atoms with Crippen molar-refractivity contribution in [2.75, 3.05) is 13.1 Å². The number of carbonyl (C=O) groups excluding carboxylic acids is 1. The van der Waals surface area contributed by atoms with Crippen molar-refractivity contribution in [2.24, 2.45) is 11.8 Å². The molecule has 1 aromatic heterocycles. The first-order valence-electron chi connectivity index (χ1n) is 12.4. The highest BCUT2D eigenvalue weighted by Crippen LogP contribution is 2.29. The molecule has 2 atom stereocenters. The largest absolute Gasteiger partial charge is 0.487 e. The van der Waals surface area contributed by atoms with Gasteiger partial charge in [-0.1, -0.05) is 48.5 Å². The Hall–Kier alpha value is -4.59. The van der Waals surface area contributed by atoms with Gasteiger partial charge in [0.1, 0.15) is 29.6 Å². The zero-order chi connectivity index (χ0) is 26.5. The second-order valence-corrected chi connectivity index (χ2v) is 9.32. The van der Waals surface area contributed by atoms with Gasteiger partial charge in [0.15, 0.2) is 0 Å². The number of hydrogen-bond acceptors (Lipinski definition) is 6. The van der Waals surface area contributed by atoms with E-state index >= 15 is 0 Å². The molecule has 1 aliphatic heterocycles. The maximum absolute atomic E-state index is 12.6. The molecular weight excluding hydrogens is 484 g/mol. The Kier molecular flexibility index (Phi) is 7.40. The molecule has 1 unspecified atom stereocenters. The number of carboxylic acids is 1. The van der Waals surface area contributed by atoms with E-state index in [1.807, 2.05) is 67.6 Å². The number of oxazole rings is 1. The minimum atomic E-state index is -0.914. The second kappa shape index (κ2) is 11.2. The van der Waals surface area contributed by atoms with Crippen LogP contribution in [0.25, 0.3) is 11.5 Å². The van der Waals surface area contributed by atoms with Crippen molar-refractivity contribution in [3.63, 3.8) is 0 Å². The summed E-state index contributed by atoms with van der Waals surface area (Å²) < 4.78 is 17.1.